The van der Waals surface area contributed by atoms with Gasteiger partial charge in [-0.3, -0.25) is 9.59 Å². The summed E-state index contributed by atoms with van der Waals surface area (Å²) in [5.74, 6) is -0.842. The first-order chi connectivity index (χ1) is 19.3. The minimum absolute atomic E-state index is 0.0431. The number of hydrogen-bond acceptors (Lipinski definition) is 11. The number of ketones is 1. The number of rotatable bonds is 21. The van der Waals surface area contributed by atoms with Gasteiger partial charge in [0.1, 0.15) is 30.5 Å². The number of aliphatic hydroxyl groups excluding tert-OH is 1. The molecule has 0 saturated carbocycles. The molecule has 1 unspecified atom stereocenters. The Hall–Kier alpha value is -2.38. The zero-order valence-electron chi connectivity index (χ0n) is 26.5. The summed E-state index contributed by atoms with van der Waals surface area (Å²) in [6.07, 6.45) is 5.08. The standard InChI is InChI=1S/C14H24O7.C11H21NO2.C4H10O2/c1-10(2)12(16)20-6-11(15)7-21-13(17)14(3,8-18-4)9-19-5;1-10(13)8-6-4-3-5-7-9-12-11(2)14;1-5-3-4-6-2/h11,15H,1,6-9H2,2-5H3;3-9H2,1-2H3,(H,12,14);3-4H2,1-2H3. The van der Waals surface area contributed by atoms with Crippen molar-refractivity contribution >= 4 is 23.6 Å². The number of esters is 2. The minimum Gasteiger partial charge on any atom is -0.462 e. The SMILES string of the molecule is C=C(C)C(=O)OCC(O)COC(=O)C(C)(COC)COC.CC(=O)CCCCCCCNC(C)=O.COCCOC. The van der Waals surface area contributed by atoms with E-state index >= 15 is 0 Å². The van der Waals surface area contributed by atoms with Crippen molar-refractivity contribution in [2.75, 3.05) is 74.6 Å². The van der Waals surface area contributed by atoms with Gasteiger partial charge in [0.05, 0.1) is 26.4 Å². The van der Waals surface area contributed by atoms with Crippen LogP contribution >= 0.6 is 0 Å². The average molecular weight is 594 g/mol. The predicted molar refractivity (Wildman–Crippen MR) is 155 cm³/mol. The lowest BCUT2D eigenvalue weighted by atomic mass is 9.93. The van der Waals surface area contributed by atoms with Crippen molar-refractivity contribution in [3.05, 3.63) is 12.2 Å². The molecule has 2 N–H and O–H groups in total. The fraction of sp³-hybridized carbons (Fsp3) is 0.793. The minimum atomic E-state index is -1.11. The van der Waals surface area contributed by atoms with Crippen LogP contribution in [0.3, 0.4) is 0 Å². The first-order valence-electron chi connectivity index (χ1n) is 13.7. The topological polar surface area (TPSA) is 156 Å². The molecule has 0 heterocycles. The van der Waals surface area contributed by atoms with Crippen molar-refractivity contribution in [1.82, 2.24) is 5.32 Å². The summed E-state index contributed by atoms with van der Waals surface area (Å²) >= 11 is 0. The van der Waals surface area contributed by atoms with Gasteiger partial charge in [-0.05, 0) is 33.6 Å². The number of amides is 1. The summed E-state index contributed by atoms with van der Waals surface area (Å²) in [7, 11) is 6.23. The first kappa shape index (κ1) is 43.1. The average Bonchev–Trinajstić information content (AvgIpc) is 2.91. The molecule has 0 fully saturated rings. The Labute approximate surface area is 246 Å². The number of unbranched alkanes of at least 4 members (excludes halogenated alkanes) is 4. The van der Waals surface area contributed by atoms with Crippen LogP contribution < -0.4 is 5.32 Å². The largest absolute Gasteiger partial charge is 0.462 e. The molecular formula is C29H55NO11. The van der Waals surface area contributed by atoms with Crippen molar-refractivity contribution in [3.63, 3.8) is 0 Å². The smallest absolute Gasteiger partial charge is 0.333 e. The van der Waals surface area contributed by atoms with Gasteiger partial charge < -0.3 is 43.6 Å². The molecule has 242 valence electrons. The number of nitrogens with one attached hydrogen (secondary N) is 1. The zero-order valence-corrected chi connectivity index (χ0v) is 26.5. The van der Waals surface area contributed by atoms with Gasteiger partial charge in [0.2, 0.25) is 5.91 Å². The molecule has 0 aromatic rings. The number of aliphatic hydroxyl groups is 1. The fourth-order valence-corrected chi connectivity index (χ4v) is 2.95. The first-order valence-corrected chi connectivity index (χ1v) is 13.7. The van der Waals surface area contributed by atoms with Crippen molar-refractivity contribution < 1.29 is 52.7 Å². The molecule has 0 aliphatic heterocycles. The van der Waals surface area contributed by atoms with Gasteiger partial charge in [0.15, 0.2) is 0 Å². The molecule has 0 aliphatic carbocycles. The molecule has 0 saturated heterocycles. The van der Waals surface area contributed by atoms with Crippen molar-refractivity contribution in [2.24, 2.45) is 5.41 Å². The highest BCUT2D eigenvalue weighted by Crippen LogP contribution is 2.19. The molecule has 1 atom stereocenters. The van der Waals surface area contributed by atoms with E-state index < -0.39 is 23.5 Å². The summed E-state index contributed by atoms with van der Waals surface area (Å²) in [5, 5.41) is 12.4. The van der Waals surface area contributed by atoms with Crippen LogP contribution in [0.4, 0.5) is 0 Å². The number of carbonyl (C=O) groups is 4. The monoisotopic (exact) mass is 593 g/mol. The second kappa shape index (κ2) is 29.1. The van der Waals surface area contributed by atoms with E-state index in [9.17, 15) is 24.3 Å². The van der Waals surface area contributed by atoms with Gasteiger partial charge in [-0.2, -0.15) is 0 Å². The Bertz CT molecular complexity index is 683. The van der Waals surface area contributed by atoms with E-state index in [2.05, 4.69) is 21.4 Å². The zero-order chi connectivity index (χ0) is 32.1. The van der Waals surface area contributed by atoms with Gasteiger partial charge in [0, 0.05) is 53.9 Å². The quantitative estimate of drug-likeness (QED) is 0.115. The summed E-state index contributed by atoms with van der Waals surface area (Å²) in [4.78, 5) is 44.2. The highest BCUT2D eigenvalue weighted by Gasteiger charge is 2.35. The Balaban J connectivity index is -0.000000617. The van der Waals surface area contributed by atoms with Gasteiger partial charge >= 0.3 is 11.9 Å². The fourth-order valence-electron chi connectivity index (χ4n) is 2.95. The van der Waals surface area contributed by atoms with Crippen LogP contribution in [0.1, 0.15) is 66.2 Å². The number of carbonyl (C=O) groups excluding carboxylic acids is 4. The molecule has 0 aliphatic rings. The maximum absolute atomic E-state index is 12.0. The third-order valence-electron chi connectivity index (χ3n) is 5.15. The highest BCUT2D eigenvalue weighted by atomic mass is 16.6. The molecule has 0 rings (SSSR count). The molecule has 41 heavy (non-hydrogen) atoms. The highest BCUT2D eigenvalue weighted by molar-refractivity contribution is 5.86. The van der Waals surface area contributed by atoms with Crippen LogP contribution in [0.25, 0.3) is 0 Å². The summed E-state index contributed by atoms with van der Waals surface area (Å²) in [6, 6.07) is 0. The van der Waals surface area contributed by atoms with Crippen LogP contribution in [-0.4, -0.2) is 109 Å². The van der Waals surface area contributed by atoms with E-state index in [4.69, 9.17) is 18.9 Å². The maximum atomic E-state index is 12.0. The molecular weight excluding hydrogens is 538 g/mol. The van der Waals surface area contributed by atoms with E-state index in [1.807, 2.05) is 0 Å². The molecule has 1 amide bonds. The summed E-state index contributed by atoms with van der Waals surface area (Å²) in [6.45, 7) is 11.6. The lowest BCUT2D eigenvalue weighted by Crippen LogP contribution is -2.40. The van der Waals surface area contributed by atoms with E-state index in [-0.39, 0.29) is 43.7 Å². The Morgan fingerprint density at radius 2 is 1.27 bits per heavy atom. The number of ether oxygens (including phenoxy) is 6. The molecule has 0 bridgehead atoms. The Morgan fingerprint density at radius 3 is 1.71 bits per heavy atom. The van der Waals surface area contributed by atoms with E-state index in [0.717, 1.165) is 38.6 Å². The molecule has 12 nitrogen and oxygen atoms in total. The molecule has 0 aromatic heterocycles. The van der Waals surface area contributed by atoms with Gasteiger partial charge in [0.25, 0.3) is 0 Å². The third-order valence-corrected chi connectivity index (χ3v) is 5.15. The second-order valence-electron chi connectivity index (χ2n) is 9.75. The van der Waals surface area contributed by atoms with E-state index in [0.29, 0.717) is 19.6 Å². The molecule has 0 spiro atoms. The van der Waals surface area contributed by atoms with E-state index in [1.165, 1.54) is 28.1 Å². The molecule has 0 radical (unpaired) electrons. The van der Waals surface area contributed by atoms with Crippen LogP contribution in [0.5, 0.6) is 0 Å². The summed E-state index contributed by atoms with van der Waals surface area (Å²) < 4.78 is 29.0. The Morgan fingerprint density at radius 1 is 0.780 bits per heavy atom. The lowest BCUT2D eigenvalue weighted by Gasteiger charge is -2.26. The Kier molecular flexibility index (Phi) is 30.6. The van der Waals surface area contributed by atoms with Crippen LogP contribution in [0.15, 0.2) is 12.2 Å². The van der Waals surface area contributed by atoms with Gasteiger partial charge in [-0.15, -0.1) is 0 Å². The van der Waals surface area contributed by atoms with Crippen LogP contribution in [0, 0.1) is 5.41 Å². The molecule has 0 aromatic carbocycles. The number of Topliss-reactive ketones (excluding diaryl/α,β-unsaturated/α-hetero) is 1. The van der Waals surface area contributed by atoms with Crippen molar-refractivity contribution in [3.8, 4) is 0 Å². The lowest BCUT2D eigenvalue weighted by molar-refractivity contribution is -0.166. The summed E-state index contributed by atoms with van der Waals surface area (Å²) in [5.41, 5.74) is -0.732. The maximum Gasteiger partial charge on any atom is 0.333 e. The van der Waals surface area contributed by atoms with Crippen molar-refractivity contribution in [1.29, 1.82) is 0 Å². The number of hydrogen-bond donors (Lipinski definition) is 2. The van der Waals surface area contributed by atoms with Gasteiger partial charge in [-0.1, -0.05) is 25.8 Å². The van der Waals surface area contributed by atoms with E-state index in [1.54, 1.807) is 28.1 Å². The molecule has 12 heteroatoms. The number of methoxy groups -OCH3 is 4. The predicted octanol–water partition coefficient (Wildman–Crippen LogP) is 2.64. The van der Waals surface area contributed by atoms with Crippen LogP contribution in [0.2, 0.25) is 0 Å². The second-order valence-corrected chi connectivity index (χ2v) is 9.75. The van der Waals surface area contributed by atoms with Crippen LogP contribution in [-0.2, 0) is 47.6 Å². The van der Waals surface area contributed by atoms with Crippen molar-refractivity contribution in [2.45, 2.75) is 72.3 Å². The normalized spacial score (nSPS) is 11.1. The third kappa shape index (κ3) is 30.4. The van der Waals surface area contributed by atoms with Gasteiger partial charge in [-0.25, -0.2) is 4.79 Å².